The van der Waals surface area contributed by atoms with Gasteiger partial charge < -0.3 is 4.90 Å². The van der Waals surface area contributed by atoms with Gasteiger partial charge in [-0.1, -0.05) is 40.5 Å². The molecule has 1 heterocycles. The van der Waals surface area contributed by atoms with Crippen LogP contribution in [0.1, 0.15) is 24.5 Å². The molecule has 0 unspecified atom stereocenters. The normalized spacial score (nSPS) is 17.2. The topological polar surface area (TPSA) is 6.48 Å². The average Bonchev–Trinajstić information content (AvgIpc) is 2.40. The highest BCUT2D eigenvalue weighted by atomic mass is 79.9. The van der Waals surface area contributed by atoms with Crippen LogP contribution in [0.25, 0.3) is 0 Å². The molecule has 0 spiro atoms. The number of aryl methyl sites for hydroxylation is 1. The van der Waals surface area contributed by atoms with Crippen molar-refractivity contribution in [2.75, 3.05) is 37.6 Å². The van der Waals surface area contributed by atoms with Gasteiger partial charge in [0.2, 0.25) is 0 Å². The van der Waals surface area contributed by atoms with Crippen LogP contribution in [-0.4, -0.2) is 37.6 Å². The van der Waals surface area contributed by atoms with Crippen LogP contribution in [0.5, 0.6) is 0 Å². The minimum absolute atomic E-state index is 0.944. The van der Waals surface area contributed by atoms with Crippen molar-refractivity contribution in [1.29, 1.82) is 0 Å². The Morgan fingerprint density at radius 2 is 1.89 bits per heavy atom. The summed E-state index contributed by atoms with van der Waals surface area (Å²) in [6.45, 7) is 10.4. The number of alkyl halides is 1. The number of nitrogens with zero attached hydrogens (tertiary/aromatic N) is 2. The summed E-state index contributed by atoms with van der Waals surface area (Å²) in [7, 11) is 0. The Morgan fingerprint density at radius 3 is 2.50 bits per heavy atom. The fourth-order valence-corrected chi connectivity index (χ4v) is 3.11. The van der Waals surface area contributed by atoms with E-state index in [4.69, 9.17) is 0 Å². The zero-order chi connectivity index (χ0) is 13.0. The Balaban J connectivity index is 2.05. The lowest BCUT2D eigenvalue weighted by molar-refractivity contribution is 0.258. The van der Waals surface area contributed by atoms with Gasteiger partial charge in [-0.05, 0) is 31.5 Å². The lowest BCUT2D eigenvalue weighted by Crippen LogP contribution is -2.46. The van der Waals surface area contributed by atoms with Gasteiger partial charge in [0.05, 0.1) is 0 Å². The molecule has 1 saturated heterocycles. The van der Waals surface area contributed by atoms with E-state index >= 15 is 0 Å². The fourth-order valence-electron chi connectivity index (χ4n) is 2.66. The summed E-state index contributed by atoms with van der Waals surface area (Å²) < 4.78 is 0. The minimum Gasteiger partial charge on any atom is -0.369 e. The maximum atomic E-state index is 3.61. The third kappa shape index (κ3) is 3.27. The number of benzene rings is 1. The first-order valence-corrected chi connectivity index (χ1v) is 7.99. The summed E-state index contributed by atoms with van der Waals surface area (Å²) in [6.07, 6.45) is 1.26. The monoisotopic (exact) mass is 310 g/mol. The van der Waals surface area contributed by atoms with Crippen molar-refractivity contribution in [3.05, 3.63) is 29.3 Å². The predicted octanol–water partition coefficient (Wildman–Crippen LogP) is 3.42. The lowest BCUT2D eigenvalue weighted by Gasteiger charge is -2.37. The Hall–Kier alpha value is -0.540. The zero-order valence-corrected chi connectivity index (χ0v) is 13.0. The second kappa shape index (κ2) is 6.58. The molecule has 2 nitrogen and oxygen atoms in total. The van der Waals surface area contributed by atoms with E-state index in [1.165, 1.54) is 42.9 Å². The molecule has 1 aromatic carbocycles. The van der Waals surface area contributed by atoms with Crippen molar-refractivity contribution in [3.63, 3.8) is 0 Å². The molecule has 0 amide bonds. The SMILES string of the molecule is CCCN1CCN(c2ccc(C)cc2CBr)CC1. The summed E-state index contributed by atoms with van der Waals surface area (Å²) in [6, 6.07) is 6.80. The summed E-state index contributed by atoms with van der Waals surface area (Å²) >= 11 is 3.61. The van der Waals surface area contributed by atoms with E-state index in [2.05, 4.69) is 57.8 Å². The largest absolute Gasteiger partial charge is 0.369 e. The van der Waals surface area contributed by atoms with Crippen LogP contribution in [0.2, 0.25) is 0 Å². The highest BCUT2D eigenvalue weighted by molar-refractivity contribution is 9.08. The summed E-state index contributed by atoms with van der Waals surface area (Å²) in [5, 5.41) is 0.944. The van der Waals surface area contributed by atoms with E-state index in [-0.39, 0.29) is 0 Å². The van der Waals surface area contributed by atoms with Crippen molar-refractivity contribution >= 4 is 21.6 Å². The third-order valence-electron chi connectivity index (χ3n) is 3.63. The number of anilines is 1. The molecule has 0 atom stereocenters. The maximum absolute atomic E-state index is 3.61. The van der Waals surface area contributed by atoms with Gasteiger partial charge in [0.25, 0.3) is 0 Å². The van der Waals surface area contributed by atoms with Crippen LogP contribution in [0, 0.1) is 6.92 Å². The molecule has 0 saturated carbocycles. The quantitative estimate of drug-likeness (QED) is 0.786. The van der Waals surface area contributed by atoms with Crippen LogP contribution in [0.15, 0.2) is 18.2 Å². The minimum atomic E-state index is 0.944. The summed E-state index contributed by atoms with van der Waals surface area (Å²) in [4.78, 5) is 5.10. The van der Waals surface area contributed by atoms with Gasteiger partial charge in [-0.2, -0.15) is 0 Å². The number of hydrogen-bond donors (Lipinski definition) is 0. The van der Waals surface area contributed by atoms with Crippen molar-refractivity contribution < 1.29 is 0 Å². The van der Waals surface area contributed by atoms with Crippen LogP contribution in [-0.2, 0) is 5.33 Å². The Bertz CT molecular complexity index is 384. The van der Waals surface area contributed by atoms with Crippen LogP contribution >= 0.6 is 15.9 Å². The molecule has 0 radical (unpaired) electrons. The standard InChI is InChI=1S/C15H23BrN2/c1-3-6-17-7-9-18(10-8-17)15-5-4-13(2)11-14(15)12-16/h4-5,11H,3,6-10,12H2,1-2H3. The summed E-state index contributed by atoms with van der Waals surface area (Å²) in [5.41, 5.74) is 4.17. The van der Waals surface area contributed by atoms with E-state index in [1.54, 1.807) is 0 Å². The molecular weight excluding hydrogens is 288 g/mol. The Labute approximate surface area is 119 Å². The molecule has 0 aromatic heterocycles. The van der Waals surface area contributed by atoms with E-state index in [0.717, 1.165) is 18.4 Å². The second-order valence-corrected chi connectivity index (χ2v) is 5.66. The van der Waals surface area contributed by atoms with Gasteiger partial charge in [0.15, 0.2) is 0 Å². The molecule has 1 aliphatic heterocycles. The van der Waals surface area contributed by atoms with Crippen LogP contribution < -0.4 is 4.90 Å². The van der Waals surface area contributed by atoms with Gasteiger partial charge in [0.1, 0.15) is 0 Å². The molecule has 100 valence electrons. The summed E-state index contributed by atoms with van der Waals surface area (Å²) in [5.74, 6) is 0. The van der Waals surface area contributed by atoms with E-state index < -0.39 is 0 Å². The number of hydrogen-bond acceptors (Lipinski definition) is 2. The second-order valence-electron chi connectivity index (χ2n) is 5.09. The average molecular weight is 311 g/mol. The molecule has 0 aliphatic carbocycles. The molecular formula is C15H23BrN2. The lowest BCUT2D eigenvalue weighted by atomic mass is 10.1. The van der Waals surface area contributed by atoms with Crippen LogP contribution in [0.3, 0.4) is 0 Å². The molecule has 1 fully saturated rings. The first kappa shape index (κ1) is 13.9. The van der Waals surface area contributed by atoms with Crippen molar-refractivity contribution in [2.45, 2.75) is 25.6 Å². The molecule has 2 rings (SSSR count). The van der Waals surface area contributed by atoms with E-state index in [0.29, 0.717) is 0 Å². The van der Waals surface area contributed by atoms with Gasteiger partial charge in [0, 0.05) is 37.2 Å². The van der Waals surface area contributed by atoms with Crippen molar-refractivity contribution in [1.82, 2.24) is 4.90 Å². The number of piperazine rings is 1. The van der Waals surface area contributed by atoms with Crippen LogP contribution in [0.4, 0.5) is 5.69 Å². The number of halogens is 1. The molecule has 0 bridgehead atoms. The molecule has 18 heavy (non-hydrogen) atoms. The third-order valence-corrected chi connectivity index (χ3v) is 4.24. The van der Waals surface area contributed by atoms with Gasteiger partial charge in [-0.25, -0.2) is 0 Å². The Morgan fingerprint density at radius 1 is 1.17 bits per heavy atom. The molecule has 1 aliphatic rings. The first-order valence-electron chi connectivity index (χ1n) is 6.87. The molecule has 0 N–H and O–H groups in total. The fraction of sp³-hybridized carbons (Fsp3) is 0.600. The highest BCUT2D eigenvalue weighted by Gasteiger charge is 2.18. The van der Waals surface area contributed by atoms with E-state index in [9.17, 15) is 0 Å². The molecule has 3 heteroatoms. The van der Waals surface area contributed by atoms with Gasteiger partial charge in [-0.3, -0.25) is 4.90 Å². The van der Waals surface area contributed by atoms with Crippen molar-refractivity contribution in [3.8, 4) is 0 Å². The highest BCUT2D eigenvalue weighted by Crippen LogP contribution is 2.25. The first-order chi connectivity index (χ1) is 8.74. The van der Waals surface area contributed by atoms with Gasteiger partial charge in [-0.15, -0.1) is 0 Å². The van der Waals surface area contributed by atoms with Crippen molar-refractivity contribution in [2.24, 2.45) is 0 Å². The Kier molecular flexibility index (Phi) is 5.07. The smallest absolute Gasteiger partial charge is 0.0408 e. The zero-order valence-electron chi connectivity index (χ0n) is 11.5. The molecule has 1 aromatic rings. The number of rotatable bonds is 4. The van der Waals surface area contributed by atoms with E-state index in [1.807, 2.05) is 0 Å². The predicted molar refractivity (Wildman–Crippen MR) is 82.8 cm³/mol. The maximum Gasteiger partial charge on any atom is 0.0408 e. The van der Waals surface area contributed by atoms with Gasteiger partial charge >= 0.3 is 0 Å².